The molecule has 0 fully saturated rings. The highest BCUT2D eigenvalue weighted by atomic mass is 32.2. The molecule has 0 aliphatic rings. The smallest absolute Gasteiger partial charge is 0.235 e. The van der Waals surface area contributed by atoms with Crippen LogP contribution in [-0.2, 0) is 17.9 Å². The van der Waals surface area contributed by atoms with Gasteiger partial charge >= 0.3 is 0 Å². The van der Waals surface area contributed by atoms with Gasteiger partial charge in [-0.25, -0.2) is 0 Å². The first-order valence-corrected chi connectivity index (χ1v) is 10.4. The summed E-state index contributed by atoms with van der Waals surface area (Å²) in [4.78, 5) is 14.4. The highest BCUT2D eigenvalue weighted by Crippen LogP contribution is 2.30. The highest BCUT2D eigenvalue weighted by molar-refractivity contribution is 8.02. The van der Waals surface area contributed by atoms with Gasteiger partial charge in [0.15, 0.2) is 4.34 Å². The Hall–Kier alpha value is -2.38. The van der Waals surface area contributed by atoms with Crippen molar-refractivity contribution in [3.8, 4) is 0 Å². The van der Waals surface area contributed by atoms with E-state index >= 15 is 0 Å². The molecule has 0 radical (unpaired) electrons. The van der Waals surface area contributed by atoms with Crippen LogP contribution in [0.3, 0.4) is 0 Å². The topological polar surface area (TPSA) is 58.1 Å². The van der Waals surface area contributed by atoms with E-state index in [4.69, 9.17) is 0 Å². The summed E-state index contributed by atoms with van der Waals surface area (Å²) in [5.41, 5.74) is 2.31. The number of benzene rings is 2. The molecule has 1 atom stereocenters. The Morgan fingerprint density at radius 3 is 2.37 bits per heavy atom. The van der Waals surface area contributed by atoms with E-state index in [1.807, 2.05) is 62.5 Å². The number of carbonyl (C=O) groups excluding carboxylic acids is 1. The summed E-state index contributed by atoms with van der Waals surface area (Å²) in [6.07, 6.45) is 0. The van der Waals surface area contributed by atoms with Crippen LogP contribution >= 0.6 is 23.1 Å². The molecule has 1 aromatic heterocycles. The van der Waals surface area contributed by atoms with Gasteiger partial charge in [-0.1, -0.05) is 83.8 Å². The number of aromatic nitrogens is 2. The Balaban J connectivity index is 1.50. The van der Waals surface area contributed by atoms with Gasteiger partial charge in [0, 0.05) is 20.1 Å². The lowest BCUT2D eigenvalue weighted by molar-refractivity contribution is -0.129. The molecule has 1 N–H and O–H groups in total. The largest absolute Gasteiger partial charge is 0.356 e. The molecule has 2 aromatic carbocycles. The van der Waals surface area contributed by atoms with Crippen molar-refractivity contribution in [3.05, 3.63) is 71.8 Å². The molecule has 0 spiro atoms. The summed E-state index contributed by atoms with van der Waals surface area (Å²) < 4.78 is 0.791. The number of hydrogen-bond donors (Lipinski definition) is 1. The standard InChI is InChI=1S/C20H22N4OS2/c1-15(18(25)24(2)14-17-11-7-4-8-12-17)26-20-23-22-19(27-20)21-13-16-9-5-3-6-10-16/h3-12,15H,13-14H2,1-2H3,(H,21,22)/t15-/m1/s1. The van der Waals surface area contributed by atoms with Crippen molar-refractivity contribution >= 4 is 34.1 Å². The fraction of sp³-hybridized carbons (Fsp3) is 0.250. The minimum absolute atomic E-state index is 0.0813. The fourth-order valence-corrected chi connectivity index (χ4v) is 4.56. The maximum absolute atomic E-state index is 12.6. The SMILES string of the molecule is C[C@@H](Sc1nnc(NCc2ccccc2)s1)C(=O)N(C)Cc1ccccc1. The molecule has 7 heteroatoms. The number of thioether (sulfide) groups is 1. The van der Waals surface area contributed by atoms with Crippen LogP contribution in [0.2, 0.25) is 0 Å². The number of amides is 1. The Morgan fingerprint density at radius 1 is 1.07 bits per heavy atom. The number of anilines is 1. The zero-order valence-corrected chi connectivity index (χ0v) is 17.0. The van der Waals surface area contributed by atoms with Crippen molar-refractivity contribution < 1.29 is 4.79 Å². The quantitative estimate of drug-likeness (QED) is 0.574. The molecule has 3 rings (SSSR count). The summed E-state index contributed by atoms with van der Waals surface area (Å²) in [5.74, 6) is 0.0813. The van der Waals surface area contributed by atoms with E-state index in [2.05, 4.69) is 27.6 Å². The molecule has 27 heavy (non-hydrogen) atoms. The average molecular weight is 399 g/mol. The van der Waals surface area contributed by atoms with Gasteiger partial charge in [0.25, 0.3) is 0 Å². The molecule has 0 aliphatic carbocycles. The summed E-state index contributed by atoms with van der Waals surface area (Å²) in [5, 5.41) is 12.2. The molecule has 140 valence electrons. The summed E-state index contributed by atoms with van der Waals surface area (Å²) >= 11 is 2.92. The van der Waals surface area contributed by atoms with Crippen LogP contribution in [0.15, 0.2) is 65.0 Å². The first kappa shape index (κ1) is 19.4. The van der Waals surface area contributed by atoms with Gasteiger partial charge in [-0.05, 0) is 18.1 Å². The Morgan fingerprint density at radius 2 is 1.70 bits per heavy atom. The Bertz CT molecular complexity index is 855. The zero-order valence-electron chi connectivity index (χ0n) is 15.3. The first-order valence-electron chi connectivity index (χ1n) is 8.68. The van der Waals surface area contributed by atoms with E-state index in [9.17, 15) is 4.79 Å². The monoisotopic (exact) mass is 398 g/mol. The van der Waals surface area contributed by atoms with Gasteiger partial charge in [0.05, 0.1) is 5.25 Å². The summed E-state index contributed by atoms with van der Waals surface area (Å²) in [6.45, 7) is 3.21. The van der Waals surface area contributed by atoms with E-state index < -0.39 is 0 Å². The second kappa shape index (κ2) is 9.53. The number of rotatable bonds is 8. The number of nitrogens with zero attached hydrogens (tertiary/aromatic N) is 3. The lowest BCUT2D eigenvalue weighted by Gasteiger charge is -2.20. The van der Waals surface area contributed by atoms with Gasteiger partial charge in [0.1, 0.15) is 0 Å². The molecular formula is C20H22N4OS2. The maximum atomic E-state index is 12.6. The molecule has 0 saturated carbocycles. The van der Waals surface area contributed by atoms with Crippen molar-refractivity contribution in [2.24, 2.45) is 0 Å². The Labute approximate surface area is 167 Å². The van der Waals surface area contributed by atoms with Crippen molar-refractivity contribution in [3.63, 3.8) is 0 Å². The van der Waals surface area contributed by atoms with Crippen LogP contribution in [0.5, 0.6) is 0 Å². The van der Waals surface area contributed by atoms with Crippen LogP contribution in [0, 0.1) is 0 Å². The summed E-state index contributed by atoms with van der Waals surface area (Å²) in [6, 6.07) is 20.1. The fourth-order valence-electron chi connectivity index (χ4n) is 2.55. The molecule has 0 aliphatic heterocycles. The van der Waals surface area contributed by atoms with E-state index in [0.29, 0.717) is 13.1 Å². The van der Waals surface area contributed by atoms with E-state index in [1.54, 1.807) is 4.90 Å². The van der Waals surface area contributed by atoms with E-state index in [1.165, 1.54) is 28.7 Å². The van der Waals surface area contributed by atoms with Gasteiger partial charge < -0.3 is 10.2 Å². The van der Waals surface area contributed by atoms with Crippen molar-refractivity contribution in [2.75, 3.05) is 12.4 Å². The molecule has 1 amide bonds. The van der Waals surface area contributed by atoms with Crippen LogP contribution < -0.4 is 5.32 Å². The minimum Gasteiger partial charge on any atom is -0.356 e. The highest BCUT2D eigenvalue weighted by Gasteiger charge is 2.20. The second-order valence-corrected chi connectivity index (χ2v) is 8.72. The third-order valence-corrected chi connectivity index (χ3v) is 6.01. The lowest BCUT2D eigenvalue weighted by Crippen LogP contribution is -2.32. The molecule has 1 heterocycles. The van der Waals surface area contributed by atoms with Gasteiger partial charge in [-0.2, -0.15) is 0 Å². The van der Waals surface area contributed by atoms with Gasteiger partial charge in [0.2, 0.25) is 11.0 Å². The molecule has 0 saturated heterocycles. The summed E-state index contributed by atoms with van der Waals surface area (Å²) in [7, 11) is 1.83. The predicted octanol–water partition coefficient (Wildman–Crippen LogP) is 4.29. The normalized spacial score (nSPS) is 11.8. The molecule has 5 nitrogen and oxygen atoms in total. The third-order valence-electron chi connectivity index (χ3n) is 3.96. The van der Waals surface area contributed by atoms with Crippen LogP contribution in [-0.4, -0.2) is 33.3 Å². The second-order valence-electron chi connectivity index (χ2n) is 6.15. The van der Waals surface area contributed by atoms with E-state index in [-0.39, 0.29) is 11.2 Å². The number of hydrogen-bond acceptors (Lipinski definition) is 6. The number of carbonyl (C=O) groups is 1. The van der Waals surface area contributed by atoms with Crippen molar-refractivity contribution in [1.29, 1.82) is 0 Å². The number of nitrogens with one attached hydrogen (secondary N) is 1. The van der Waals surface area contributed by atoms with E-state index in [0.717, 1.165) is 15.0 Å². The first-order chi connectivity index (χ1) is 13.1. The zero-order chi connectivity index (χ0) is 19.1. The minimum atomic E-state index is -0.214. The van der Waals surface area contributed by atoms with Crippen molar-refractivity contribution in [2.45, 2.75) is 29.6 Å². The molecule has 3 aromatic rings. The van der Waals surface area contributed by atoms with Crippen LogP contribution in [0.1, 0.15) is 18.1 Å². The van der Waals surface area contributed by atoms with Gasteiger partial charge in [-0.3, -0.25) is 4.79 Å². The van der Waals surface area contributed by atoms with Crippen LogP contribution in [0.4, 0.5) is 5.13 Å². The third kappa shape index (κ3) is 5.80. The van der Waals surface area contributed by atoms with Crippen LogP contribution in [0.25, 0.3) is 0 Å². The molecule has 0 unspecified atom stereocenters. The molecular weight excluding hydrogens is 376 g/mol. The van der Waals surface area contributed by atoms with Crippen molar-refractivity contribution in [1.82, 2.24) is 15.1 Å². The average Bonchev–Trinajstić information content (AvgIpc) is 3.14. The maximum Gasteiger partial charge on any atom is 0.235 e. The van der Waals surface area contributed by atoms with Gasteiger partial charge in [-0.15, -0.1) is 10.2 Å². The lowest BCUT2D eigenvalue weighted by atomic mass is 10.2. The molecule has 0 bridgehead atoms. The Kier molecular flexibility index (Phi) is 6.84. The predicted molar refractivity (Wildman–Crippen MR) is 112 cm³/mol.